The molecule has 0 amide bonds. The lowest BCUT2D eigenvalue weighted by Crippen LogP contribution is -1.98. The van der Waals surface area contributed by atoms with Crippen molar-refractivity contribution < 1.29 is 0 Å². The van der Waals surface area contributed by atoms with E-state index in [0.29, 0.717) is 6.54 Å². The molecule has 0 fully saturated rings. The van der Waals surface area contributed by atoms with Crippen LogP contribution in [0.1, 0.15) is 27.7 Å². The maximum atomic E-state index is 5.21. The quantitative estimate of drug-likeness (QED) is 0.519. The third-order valence-electron chi connectivity index (χ3n) is 0.815. The maximum absolute atomic E-state index is 5.21. The second-order valence-electron chi connectivity index (χ2n) is 1.34. The fraction of sp³-hybridized carbons (Fsp3) is 0.714. The molecule has 0 atom stereocenters. The van der Waals surface area contributed by atoms with Gasteiger partial charge in [-0.2, -0.15) is 0 Å². The number of nitrogens with two attached hydrogens (primary N) is 1. The Morgan fingerprint density at radius 2 is 1.88 bits per heavy atom. The summed E-state index contributed by atoms with van der Waals surface area (Å²) in [7, 11) is 0. The van der Waals surface area contributed by atoms with Crippen molar-refractivity contribution in [3.05, 3.63) is 11.6 Å². The van der Waals surface area contributed by atoms with Gasteiger partial charge in [-0.3, -0.25) is 0 Å². The molecule has 0 bridgehead atoms. The van der Waals surface area contributed by atoms with E-state index in [1.807, 2.05) is 33.8 Å². The van der Waals surface area contributed by atoms with Crippen LogP contribution >= 0.6 is 0 Å². The van der Waals surface area contributed by atoms with E-state index in [4.69, 9.17) is 5.73 Å². The molecule has 0 rings (SSSR count). The second-order valence-corrected chi connectivity index (χ2v) is 1.34. The van der Waals surface area contributed by atoms with Crippen molar-refractivity contribution in [1.29, 1.82) is 0 Å². The van der Waals surface area contributed by atoms with Gasteiger partial charge < -0.3 is 5.73 Å². The molecule has 8 heavy (non-hydrogen) atoms. The highest BCUT2D eigenvalue weighted by molar-refractivity contribution is 4.95. The van der Waals surface area contributed by atoms with Gasteiger partial charge in [0.25, 0.3) is 0 Å². The smallest absolute Gasteiger partial charge is 0.0133 e. The minimum absolute atomic E-state index is 0.691. The third kappa shape index (κ3) is 9.20. The van der Waals surface area contributed by atoms with E-state index in [-0.39, 0.29) is 0 Å². The molecule has 0 aromatic carbocycles. The van der Waals surface area contributed by atoms with Gasteiger partial charge in [0.1, 0.15) is 0 Å². The van der Waals surface area contributed by atoms with E-state index < -0.39 is 0 Å². The highest BCUT2D eigenvalue weighted by atomic mass is 14.5. The molecule has 0 saturated carbocycles. The van der Waals surface area contributed by atoms with Crippen LogP contribution in [0.5, 0.6) is 0 Å². The van der Waals surface area contributed by atoms with Crippen LogP contribution < -0.4 is 5.73 Å². The predicted octanol–water partition coefficient (Wildman–Crippen LogP) is 1.94. The molecule has 0 aliphatic carbocycles. The summed E-state index contributed by atoms with van der Waals surface area (Å²) in [4.78, 5) is 0. The topological polar surface area (TPSA) is 26.0 Å². The minimum atomic E-state index is 0.691. The molecule has 0 unspecified atom stereocenters. The Morgan fingerprint density at radius 3 is 1.88 bits per heavy atom. The van der Waals surface area contributed by atoms with Gasteiger partial charge in [0.15, 0.2) is 0 Å². The van der Waals surface area contributed by atoms with E-state index in [1.165, 1.54) is 5.57 Å². The monoisotopic (exact) mass is 115 g/mol. The molecule has 0 heterocycles. The van der Waals surface area contributed by atoms with Crippen LogP contribution in [-0.2, 0) is 0 Å². The summed E-state index contributed by atoms with van der Waals surface area (Å²) in [5.74, 6) is 0. The molecule has 1 heteroatoms. The Morgan fingerprint density at radius 1 is 1.50 bits per heavy atom. The van der Waals surface area contributed by atoms with Crippen molar-refractivity contribution in [2.75, 3.05) is 6.54 Å². The van der Waals surface area contributed by atoms with Crippen molar-refractivity contribution in [1.82, 2.24) is 0 Å². The summed E-state index contributed by atoms with van der Waals surface area (Å²) in [6.07, 6.45) is 2.01. The van der Waals surface area contributed by atoms with Crippen LogP contribution in [0, 0.1) is 0 Å². The van der Waals surface area contributed by atoms with Crippen molar-refractivity contribution in [3.8, 4) is 0 Å². The zero-order valence-corrected chi connectivity index (χ0v) is 6.36. The van der Waals surface area contributed by atoms with Gasteiger partial charge in [0.05, 0.1) is 0 Å². The van der Waals surface area contributed by atoms with Crippen LogP contribution in [0.4, 0.5) is 0 Å². The Labute approximate surface area is 52.6 Å². The number of rotatable bonds is 1. The fourth-order valence-corrected chi connectivity index (χ4v) is 0.118. The van der Waals surface area contributed by atoms with Gasteiger partial charge in [0, 0.05) is 6.54 Å². The summed E-state index contributed by atoms with van der Waals surface area (Å²) in [6, 6.07) is 0. The lowest BCUT2D eigenvalue weighted by Gasteiger charge is -1.85. The van der Waals surface area contributed by atoms with Crippen LogP contribution in [0.3, 0.4) is 0 Å². The minimum Gasteiger partial charge on any atom is -0.327 e. The summed E-state index contributed by atoms with van der Waals surface area (Å²) in [6.45, 7) is 8.69. The summed E-state index contributed by atoms with van der Waals surface area (Å²) in [5.41, 5.74) is 6.46. The molecule has 0 aromatic rings. The third-order valence-corrected chi connectivity index (χ3v) is 0.815. The first kappa shape index (κ1) is 10.6. The number of hydrogen-bond donors (Lipinski definition) is 1. The van der Waals surface area contributed by atoms with Gasteiger partial charge in [-0.15, -0.1) is 0 Å². The lowest BCUT2D eigenvalue weighted by atomic mass is 10.3. The van der Waals surface area contributed by atoms with Crippen molar-refractivity contribution >= 4 is 0 Å². The van der Waals surface area contributed by atoms with Crippen molar-refractivity contribution in [2.45, 2.75) is 27.7 Å². The SMILES string of the molecule is C/C=C(\C)CN.CC. The summed E-state index contributed by atoms with van der Waals surface area (Å²) in [5, 5.41) is 0. The molecule has 2 N–H and O–H groups in total. The molecule has 0 aliphatic heterocycles. The van der Waals surface area contributed by atoms with Gasteiger partial charge in [-0.05, 0) is 13.8 Å². The van der Waals surface area contributed by atoms with Crippen LogP contribution in [0.2, 0.25) is 0 Å². The Bertz CT molecular complexity index is 55.4. The standard InChI is InChI=1S/C5H11N.C2H6/c1-3-5(2)4-6;1-2/h3H,4,6H2,1-2H3;1-2H3/b5-3+;. The zero-order chi connectivity index (χ0) is 6.99. The van der Waals surface area contributed by atoms with Gasteiger partial charge >= 0.3 is 0 Å². The highest BCUT2D eigenvalue weighted by Crippen LogP contribution is 1.82. The first-order chi connectivity index (χ1) is 3.81. The average Bonchev–Trinajstić information content (AvgIpc) is 1.91. The van der Waals surface area contributed by atoms with Crippen molar-refractivity contribution in [2.24, 2.45) is 5.73 Å². The molecule has 0 spiro atoms. The van der Waals surface area contributed by atoms with E-state index in [2.05, 4.69) is 0 Å². The Kier molecular flexibility index (Phi) is 13.1. The molecular formula is C7H17N. The first-order valence-corrected chi connectivity index (χ1v) is 3.13. The number of hydrogen-bond acceptors (Lipinski definition) is 1. The Hall–Kier alpha value is -0.300. The lowest BCUT2D eigenvalue weighted by molar-refractivity contribution is 1.13. The largest absolute Gasteiger partial charge is 0.327 e. The second kappa shape index (κ2) is 9.85. The average molecular weight is 115 g/mol. The van der Waals surface area contributed by atoms with Crippen LogP contribution in [-0.4, -0.2) is 6.54 Å². The highest BCUT2D eigenvalue weighted by Gasteiger charge is 1.73. The van der Waals surface area contributed by atoms with Gasteiger partial charge in [-0.1, -0.05) is 25.5 Å². The normalized spacial score (nSPS) is 9.88. The van der Waals surface area contributed by atoms with Crippen molar-refractivity contribution in [3.63, 3.8) is 0 Å². The molecule has 0 radical (unpaired) electrons. The molecule has 0 aromatic heterocycles. The van der Waals surface area contributed by atoms with E-state index in [9.17, 15) is 0 Å². The Balaban J connectivity index is 0. The van der Waals surface area contributed by atoms with Crippen LogP contribution in [0.15, 0.2) is 11.6 Å². The van der Waals surface area contributed by atoms with E-state index >= 15 is 0 Å². The molecule has 1 nitrogen and oxygen atoms in total. The predicted molar refractivity (Wildman–Crippen MR) is 39.8 cm³/mol. The summed E-state index contributed by atoms with van der Waals surface area (Å²) < 4.78 is 0. The molecule has 0 saturated heterocycles. The molecular weight excluding hydrogens is 98.1 g/mol. The van der Waals surface area contributed by atoms with Gasteiger partial charge in [-0.25, -0.2) is 0 Å². The van der Waals surface area contributed by atoms with Gasteiger partial charge in [0.2, 0.25) is 0 Å². The first-order valence-electron chi connectivity index (χ1n) is 3.13. The zero-order valence-electron chi connectivity index (χ0n) is 6.36. The van der Waals surface area contributed by atoms with Crippen LogP contribution in [0.25, 0.3) is 0 Å². The van der Waals surface area contributed by atoms with E-state index in [1.54, 1.807) is 0 Å². The number of allylic oxidation sites excluding steroid dienone is 1. The summed E-state index contributed by atoms with van der Waals surface area (Å²) >= 11 is 0. The molecule has 50 valence electrons. The maximum Gasteiger partial charge on any atom is 0.0133 e. The fourth-order valence-electron chi connectivity index (χ4n) is 0.118. The van der Waals surface area contributed by atoms with E-state index in [0.717, 1.165) is 0 Å². The molecule has 0 aliphatic rings.